The van der Waals surface area contributed by atoms with Crippen LogP contribution in [0.5, 0.6) is 0 Å². The molecule has 2 aromatic rings. The molecule has 8 nitrogen and oxygen atoms in total. The number of hydrogen-bond donors (Lipinski definition) is 1. The summed E-state index contributed by atoms with van der Waals surface area (Å²) in [7, 11) is 0. The van der Waals surface area contributed by atoms with Gasteiger partial charge in [0, 0.05) is 49.7 Å². The molecular formula is C27H33ClFN5O3. The molecular weight excluding hydrogens is 497 g/mol. The molecule has 0 bridgehead atoms. The molecule has 1 N–H and O–H groups in total. The summed E-state index contributed by atoms with van der Waals surface area (Å²) in [6.45, 7) is 6.33. The monoisotopic (exact) mass is 529 g/mol. The average Bonchev–Trinajstić information content (AvgIpc) is 3.36. The summed E-state index contributed by atoms with van der Waals surface area (Å²) in [5, 5.41) is 9.50. The summed E-state index contributed by atoms with van der Waals surface area (Å²) in [5.74, 6) is -0.668. The van der Waals surface area contributed by atoms with E-state index in [-0.39, 0.29) is 24.3 Å². The Labute approximate surface area is 222 Å². The van der Waals surface area contributed by atoms with Crippen molar-refractivity contribution in [2.45, 2.75) is 25.8 Å². The van der Waals surface area contributed by atoms with E-state index in [0.717, 1.165) is 30.6 Å². The Morgan fingerprint density at radius 1 is 1.16 bits per heavy atom. The van der Waals surface area contributed by atoms with Gasteiger partial charge in [0.1, 0.15) is 12.4 Å². The van der Waals surface area contributed by atoms with Crippen molar-refractivity contribution in [2.24, 2.45) is 5.10 Å². The van der Waals surface area contributed by atoms with E-state index in [4.69, 9.17) is 16.3 Å². The highest BCUT2D eigenvalue weighted by atomic mass is 35.5. The van der Waals surface area contributed by atoms with Gasteiger partial charge in [0.05, 0.1) is 25.0 Å². The number of rotatable bonds is 9. The molecule has 1 fully saturated rings. The molecule has 3 amide bonds. The van der Waals surface area contributed by atoms with Crippen LogP contribution in [-0.2, 0) is 9.53 Å². The van der Waals surface area contributed by atoms with E-state index in [0.29, 0.717) is 50.0 Å². The van der Waals surface area contributed by atoms with Crippen molar-refractivity contribution >= 4 is 29.3 Å². The lowest BCUT2D eigenvalue weighted by molar-refractivity contribution is -0.133. The summed E-state index contributed by atoms with van der Waals surface area (Å²) < 4.78 is 19.0. The normalized spacial score (nSPS) is 18.0. The second kappa shape index (κ2) is 13.0. The third-order valence-corrected chi connectivity index (χ3v) is 6.86. The van der Waals surface area contributed by atoms with Crippen LogP contribution in [0, 0.1) is 5.82 Å². The minimum Gasteiger partial charge on any atom is -0.379 e. The first-order chi connectivity index (χ1) is 18.0. The predicted octanol–water partition coefficient (Wildman–Crippen LogP) is 3.91. The number of nitrogens with one attached hydrogen (secondary N) is 1. The van der Waals surface area contributed by atoms with Gasteiger partial charge in [0.25, 0.3) is 5.91 Å². The molecule has 1 unspecified atom stereocenters. The maximum atomic E-state index is 13.7. The third-order valence-electron chi connectivity index (χ3n) is 6.53. The van der Waals surface area contributed by atoms with Crippen molar-refractivity contribution in [1.82, 2.24) is 20.1 Å². The molecule has 0 aliphatic carbocycles. The van der Waals surface area contributed by atoms with E-state index in [9.17, 15) is 14.0 Å². The number of hydrogen-bond acceptors (Lipinski definition) is 5. The Balaban J connectivity index is 1.55. The van der Waals surface area contributed by atoms with Crippen LogP contribution in [0.1, 0.15) is 36.9 Å². The maximum absolute atomic E-state index is 13.7. The molecule has 4 rings (SSSR count). The van der Waals surface area contributed by atoms with Crippen LogP contribution in [0.3, 0.4) is 0 Å². The Hall–Kier alpha value is -3.01. The fourth-order valence-corrected chi connectivity index (χ4v) is 4.71. The van der Waals surface area contributed by atoms with Crippen molar-refractivity contribution in [2.75, 3.05) is 52.5 Å². The van der Waals surface area contributed by atoms with Crippen LogP contribution in [0.25, 0.3) is 0 Å². The van der Waals surface area contributed by atoms with Gasteiger partial charge in [-0.1, -0.05) is 48.9 Å². The van der Waals surface area contributed by atoms with Crippen molar-refractivity contribution in [3.05, 3.63) is 70.5 Å². The number of ether oxygens (including phenoxy) is 1. The minimum atomic E-state index is -0.431. The van der Waals surface area contributed by atoms with Gasteiger partial charge in [-0.25, -0.2) is 14.2 Å². The van der Waals surface area contributed by atoms with Gasteiger partial charge in [0.2, 0.25) is 0 Å². The number of carbonyl (C=O) groups is 2. The number of carbonyl (C=O) groups excluding carboxylic acids is 2. The number of hydrazone groups is 1. The highest BCUT2D eigenvalue weighted by molar-refractivity contribution is 6.34. The molecule has 0 spiro atoms. The molecule has 10 heteroatoms. The first kappa shape index (κ1) is 27.0. The topological polar surface area (TPSA) is 77.5 Å². The molecule has 198 valence electrons. The van der Waals surface area contributed by atoms with Gasteiger partial charge < -0.3 is 15.0 Å². The van der Waals surface area contributed by atoms with Crippen LogP contribution in [0.15, 0.2) is 53.6 Å². The van der Waals surface area contributed by atoms with Crippen LogP contribution in [-0.4, -0.2) is 84.9 Å². The van der Waals surface area contributed by atoms with Crippen LogP contribution in [0.4, 0.5) is 9.18 Å². The quantitative estimate of drug-likeness (QED) is 0.534. The van der Waals surface area contributed by atoms with Gasteiger partial charge in [-0.3, -0.25) is 9.69 Å². The molecule has 1 saturated heterocycles. The largest absolute Gasteiger partial charge is 0.379 e. The molecule has 0 saturated carbocycles. The second-order valence-corrected chi connectivity index (χ2v) is 9.55. The fourth-order valence-electron chi connectivity index (χ4n) is 4.46. The first-order valence-corrected chi connectivity index (χ1v) is 13.1. The predicted molar refractivity (Wildman–Crippen MR) is 141 cm³/mol. The van der Waals surface area contributed by atoms with Gasteiger partial charge in [-0.05, 0) is 30.2 Å². The zero-order valence-electron chi connectivity index (χ0n) is 21.0. The Kier molecular flexibility index (Phi) is 9.49. The lowest BCUT2D eigenvalue weighted by Crippen LogP contribution is -2.49. The Morgan fingerprint density at radius 3 is 2.59 bits per heavy atom. The Morgan fingerprint density at radius 2 is 1.89 bits per heavy atom. The maximum Gasteiger partial charge on any atom is 0.317 e. The fraction of sp³-hybridized carbons (Fsp3) is 0.444. The van der Waals surface area contributed by atoms with E-state index in [2.05, 4.69) is 15.3 Å². The minimum absolute atomic E-state index is 0.128. The van der Waals surface area contributed by atoms with Crippen molar-refractivity contribution < 1.29 is 18.7 Å². The summed E-state index contributed by atoms with van der Waals surface area (Å²) >= 11 is 6.43. The zero-order valence-corrected chi connectivity index (χ0v) is 21.8. The van der Waals surface area contributed by atoms with E-state index in [1.165, 1.54) is 22.0 Å². The van der Waals surface area contributed by atoms with Crippen molar-refractivity contribution in [3.63, 3.8) is 0 Å². The first-order valence-electron chi connectivity index (χ1n) is 12.7. The van der Waals surface area contributed by atoms with E-state index < -0.39 is 6.04 Å². The highest BCUT2D eigenvalue weighted by Gasteiger charge is 2.35. The lowest BCUT2D eigenvalue weighted by Gasteiger charge is -2.31. The molecule has 37 heavy (non-hydrogen) atoms. The van der Waals surface area contributed by atoms with Crippen LogP contribution < -0.4 is 5.32 Å². The lowest BCUT2D eigenvalue weighted by atomic mass is 9.98. The number of nitrogens with zero attached hydrogens (tertiary/aromatic N) is 4. The molecule has 0 aromatic heterocycles. The summed E-state index contributed by atoms with van der Waals surface area (Å²) in [6.07, 6.45) is 1.22. The molecule has 2 aliphatic rings. The molecule has 2 aromatic carbocycles. The summed E-state index contributed by atoms with van der Waals surface area (Å²) in [6, 6.07) is 12.7. The molecule has 2 aliphatic heterocycles. The summed E-state index contributed by atoms with van der Waals surface area (Å²) in [5.41, 5.74) is 2.18. The van der Waals surface area contributed by atoms with Gasteiger partial charge >= 0.3 is 6.03 Å². The second-order valence-electron chi connectivity index (χ2n) is 9.14. The van der Waals surface area contributed by atoms with Crippen LogP contribution in [0.2, 0.25) is 5.02 Å². The number of morpholine rings is 1. The molecule has 0 radical (unpaired) electrons. The summed E-state index contributed by atoms with van der Waals surface area (Å²) in [4.78, 5) is 30.4. The number of amides is 3. The van der Waals surface area contributed by atoms with Crippen molar-refractivity contribution in [1.29, 1.82) is 0 Å². The van der Waals surface area contributed by atoms with E-state index in [1.54, 1.807) is 18.2 Å². The standard InChI is InChI=1S/C27H33ClFN5O3/c1-2-11-30-27(36)33(13-12-32-14-16-37-17-15-32)19-26(35)34-25(20-7-9-21(29)10-8-20)18-24(31-34)22-5-3-4-6-23(22)28/h3-10,25H,2,11-19H2,1H3,(H,30,36). The van der Waals surface area contributed by atoms with Crippen LogP contribution >= 0.6 is 11.6 Å². The number of urea groups is 1. The number of halogens is 2. The molecule has 1 atom stereocenters. The Bertz CT molecular complexity index is 1110. The molecule has 2 heterocycles. The zero-order chi connectivity index (χ0) is 26.2. The third kappa shape index (κ3) is 7.06. The average molecular weight is 530 g/mol. The van der Waals surface area contributed by atoms with Gasteiger partial charge in [-0.2, -0.15) is 5.10 Å². The van der Waals surface area contributed by atoms with Crippen molar-refractivity contribution in [3.8, 4) is 0 Å². The number of benzene rings is 2. The smallest absolute Gasteiger partial charge is 0.317 e. The van der Waals surface area contributed by atoms with E-state index in [1.807, 2.05) is 25.1 Å². The van der Waals surface area contributed by atoms with Gasteiger partial charge in [-0.15, -0.1) is 0 Å². The van der Waals surface area contributed by atoms with E-state index >= 15 is 0 Å². The van der Waals surface area contributed by atoms with Gasteiger partial charge in [0.15, 0.2) is 0 Å². The highest BCUT2D eigenvalue weighted by Crippen LogP contribution is 2.34. The SMILES string of the molecule is CCCNC(=O)N(CCN1CCOCC1)CC(=O)N1N=C(c2ccccc2Cl)CC1c1ccc(F)cc1.